The zero-order valence-corrected chi connectivity index (χ0v) is 13.0. The van der Waals surface area contributed by atoms with Crippen LogP contribution in [0.5, 0.6) is 0 Å². The van der Waals surface area contributed by atoms with Crippen LogP contribution in [0.25, 0.3) is 0 Å². The van der Waals surface area contributed by atoms with Gasteiger partial charge in [0.1, 0.15) is 0 Å². The lowest BCUT2D eigenvalue weighted by atomic mass is 9.95. The molecule has 22 heavy (non-hydrogen) atoms. The number of aliphatic hydroxyl groups is 2. The molecule has 118 valence electrons. The van der Waals surface area contributed by atoms with Crippen molar-refractivity contribution in [1.29, 1.82) is 0 Å². The van der Waals surface area contributed by atoms with E-state index < -0.39 is 6.10 Å². The van der Waals surface area contributed by atoms with Gasteiger partial charge in [-0.3, -0.25) is 0 Å². The number of benzene rings is 2. The van der Waals surface area contributed by atoms with Gasteiger partial charge in [-0.05, 0) is 11.1 Å². The van der Waals surface area contributed by atoms with Crippen molar-refractivity contribution in [2.75, 3.05) is 19.7 Å². The Morgan fingerprint density at radius 2 is 1.41 bits per heavy atom. The average molecular weight is 299 g/mol. The monoisotopic (exact) mass is 299 g/mol. The van der Waals surface area contributed by atoms with Gasteiger partial charge >= 0.3 is 0 Å². The van der Waals surface area contributed by atoms with Gasteiger partial charge in [-0.25, -0.2) is 0 Å². The summed E-state index contributed by atoms with van der Waals surface area (Å²) in [5, 5.41) is 23.1. The van der Waals surface area contributed by atoms with Gasteiger partial charge in [-0.2, -0.15) is 0 Å². The van der Waals surface area contributed by atoms with Crippen molar-refractivity contribution in [3.63, 3.8) is 0 Å². The van der Waals surface area contributed by atoms with Gasteiger partial charge in [0.25, 0.3) is 0 Å². The summed E-state index contributed by atoms with van der Waals surface area (Å²) in [6.07, 6.45) is -0.447. The zero-order valence-electron chi connectivity index (χ0n) is 13.0. The summed E-state index contributed by atoms with van der Waals surface area (Å²) in [6.45, 7) is 3.29. The Morgan fingerprint density at radius 1 is 0.864 bits per heavy atom. The van der Waals surface area contributed by atoms with Crippen molar-refractivity contribution < 1.29 is 10.2 Å². The molecule has 2 aromatic carbocycles. The minimum absolute atomic E-state index is 0.0560. The molecule has 3 N–H and O–H groups in total. The van der Waals surface area contributed by atoms with Crippen LogP contribution in [0.15, 0.2) is 60.7 Å². The topological polar surface area (TPSA) is 52.5 Å². The highest BCUT2D eigenvalue weighted by molar-refractivity contribution is 5.21. The maximum atomic E-state index is 10.3. The minimum Gasteiger partial charge on any atom is -0.396 e. The maximum Gasteiger partial charge on any atom is 0.0730 e. The highest BCUT2D eigenvalue weighted by Gasteiger charge is 2.16. The molecular weight excluding hydrogens is 274 g/mol. The summed E-state index contributed by atoms with van der Waals surface area (Å²) in [5.74, 6) is 0.137. The largest absolute Gasteiger partial charge is 0.396 e. The third-order valence-electron chi connectivity index (χ3n) is 4.14. The summed E-state index contributed by atoms with van der Waals surface area (Å²) >= 11 is 0. The van der Waals surface area contributed by atoms with E-state index in [2.05, 4.69) is 5.32 Å². The second-order valence-electron chi connectivity index (χ2n) is 5.72. The van der Waals surface area contributed by atoms with Crippen molar-refractivity contribution in [3.05, 3.63) is 71.8 Å². The maximum absolute atomic E-state index is 10.3. The molecule has 0 aliphatic rings. The van der Waals surface area contributed by atoms with Crippen LogP contribution in [0.2, 0.25) is 0 Å². The molecule has 0 saturated carbocycles. The van der Waals surface area contributed by atoms with E-state index in [-0.39, 0.29) is 18.4 Å². The van der Waals surface area contributed by atoms with E-state index >= 15 is 0 Å². The van der Waals surface area contributed by atoms with E-state index in [4.69, 9.17) is 0 Å². The summed E-state index contributed by atoms with van der Waals surface area (Å²) in [5.41, 5.74) is 2.25. The van der Waals surface area contributed by atoms with Crippen LogP contribution in [0.1, 0.15) is 29.9 Å². The summed E-state index contributed by atoms with van der Waals surface area (Å²) in [6, 6.07) is 20.0. The summed E-state index contributed by atoms with van der Waals surface area (Å²) in [7, 11) is 0. The fraction of sp³-hybridized carbons (Fsp3) is 0.368. The number of hydrogen-bond donors (Lipinski definition) is 3. The second-order valence-corrected chi connectivity index (χ2v) is 5.72. The quantitative estimate of drug-likeness (QED) is 0.702. The number of hydrogen-bond acceptors (Lipinski definition) is 3. The first-order valence-corrected chi connectivity index (χ1v) is 7.82. The number of rotatable bonds is 8. The van der Waals surface area contributed by atoms with Gasteiger partial charge in [0, 0.05) is 24.9 Å². The lowest BCUT2D eigenvalue weighted by Crippen LogP contribution is -2.34. The third kappa shape index (κ3) is 4.67. The average Bonchev–Trinajstić information content (AvgIpc) is 2.59. The first-order chi connectivity index (χ1) is 10.7. The zero-order chi connectivity index (χ0) is 15.8. The van der Waals surface area contributed by atoms with Gasteiger partial charge in [0.05, 0.1) is 12.7 Å². The van der Waals surface area contributed by atoms with E-state index in [1.165, 1.54) is 0 Å². The molecule has 0 aliphatic heterocycles. The fourth-order valence-electron chi connectivity index (χ4n) is 2.57. The van der Waals surface area contributed by atoms with Crippen molar-refractivity contribution in [1.82, 2.24) is 5.32 Å². The molecule has 0 spiro atoms. The van der Waals surface area contributed by atoms with Crippen LogP contribution in [-0.4, -0.2) is 36.0 Å². The SMILES string of the molecule is CC(c1ccccc1)C(O)CNCC(CO)c1ccccc1. The Morgan fingerprint density at radius 3 is 1.95 bits per heavy atom. The van der Waals surface area contributed by atoms with Crippen molar-refractivity contribution >= 4 is 0 Å². The van der Waals surface area contributed by atoms with Crippen molar-refractivity contribution in [3.8, 4) is 0 Å². The Bertz CT molecular complexity index is 530. The molecule has 0 aliphatic carbocycles. The van der Waals surface area contributed by atoms with Gasteiger partial charge in [0.15, 0.2) is 0 Å². The number of aliphatic hydroxyl groups excluding tert-OH is 2. The third-order valence-corrected chi connectivity index (χ3v) is 4.14. The van der Waals surface area contributed by atoms with Crippen LogP contribution in [0.4, 0.5) is 0 Å². The smallest absolute Gasteiger partial charge is 0.0730 e. The molecule has 2 aromatic rings. The molecular formula is C19H25NO2. The van der Waals surface area contributed by atoms with Gasteiger partial charge < -0.3 is 15.5 Å². The Hall–Kier alpha value is -1.68. The number of nitrogens with one attached hydrogen (secondary N) is 1. The van der Waals surface area contributed by atoms with Gasteiger partial charge in [-0.15, -0.1) is 0 Å². The fourth-order valence-corrected chi connectivity index (χ4v) is 2.57. The molecule has 0 aromatic heterocycles. The van der Waals surface area contributed by atoms with E-state index in [1.54, 1.807) is 0 Å². The van der Waals surface area contributed by atoms with Crippen molar-refractivity contribution in [2.45, 2.75) is 24.9 Å². The van der Waals surface area contributed by atoms with Crippen LogP contribution < -0.4 is 5.32 Å². The molecule has 0 fully saturated rings. The van der Waals surface area contributed by atoms with Gasteiger partial charge in [-0.1, -0.05) is 67.6 Å². The van der Waals surface area contributed by atoms with Crippen LogP contribution in [0.3, 0.4) is 0 Å². The highest BCUT2D eigenvalue weighted by atomic mass is 16.3. The van der Waals surface area contributed by atoms with E-state index in [0.717, 1.165) is 11.1 Å². The van der Waals surface area contributed by atoms with Gasteiger partial charge in [0.2, 0.25) is 0 Å². The molecule has 0 radical (unpaired) electrons. The van der Waals surface area contributed by atoms with E-state index in [9.17, 15) is 10.2 Å². The molecule has 0 heterocycles. The van der Waals surface area contributed by atoms with Crippen LogP contribution >= 0.6 is 0 Å². The predicted octanol–water partition coefficient (Wildman–Crippen LogP) is 2.52. The van der Waals surface area contributed by atoms with Crippen molar-refractivity contribution in [2.24, 2.45) is 0 Å². The Balaban J connectivity index is 1.82. The molecule has 3 nitrogen and oxygen atoms in total. The second kappa shape index (κ2) is 8.69. The lowest BCUT2D eigenvalue weighted by Gasteiger charge is -2.21. The Kier molecular flexibility index (Phi) is 6.59. The summed E-state index contributed by atoms with van der Waals surface area (Å²) in [4.78, 5) is 0. The molecule has 0 amide bonds. The predicted molar refractivity (Wildman–Crippen MR) is 90.0 cm³/mol. The van der Waals surface area contributed by atoms with E-state index in [0.29, 0.717) is 13.1 Å². The lowest BCUT2D eigenvalue weighted by molar-refractivity contribution is 0.144. The molecule has 0 saturated heterocycles. The first-order valence-electron chi connectivity index (χ1n) is 7.82. The normalized spacial score (nSPS) is 15.2. The molecule has 2 rings (SSSR count). The molecule has 3 heteroatoms. The van der Waals surface area contributed by atoms with E-state index in [1.807, 2.05) is 67.6 Å². The summed E-state index contributed by atoms with van der Waals surface area (Å²) < 4.78 is 0. The molecule has 0 bridgehead atoms. The first kappa shape index (κ1) is 16.7. The molecule has 3 unspecified atom stereocenters. The van der Waals surface area contributed by atoms with Crippen LogP contribution in [0, 0.1) is 0 Å². The molecule has 3 atom stereocenters. The van der Waals surface area contributed by atoms with Crippen LogP contribution in [-0.2, 0) is 0 Å². The highest BCUT2D eigenvalue weighted by Crippen LogP contribution is 2.19. The Labute approximate surface area is 132 Å². The standard InChI is InChI=1S/C19H25NO2/c1-15(16-8-4-2-5-9-16)19(22)13-20-12-18(14-21)17-10-6-3-7-11-17/h2-11,15,18-22H,12-14H2,1H3. The minimum atomic E-state index is -0.447.